The molecule has 0 saturated carbocycles. The summed E-state index contributed by atoms with van der Waals surface area (Å²) in [5.74, 6) is 0.851. The van der Waals surface area contributed by atoms with Gasteiger partial charge in [0.25, 0.3) is 0 Å². The fraction of sp³-hybridized carbons (Fsp3) is 0.444. The van der Waals surface area contributed by atoms with Crippen molar-refractivity contribution in [2.75, 3.05) is 11.1 Å². The van der Waals surface area contributed by atoms with Crippen molar-refractivity contribution >= 4 is 11.5 Å². The predicted octanol–water partition coefficient (Wildman–Crippen LogP) is 1.87. The molecule has 66 valence electrons. The van der Waals surface area contributed by atoms with Crippen molar-refractivity contribution in [3.05, 3.63) is 18.3 Å². The third-order valence-electron chi connectivity index (χ3n) is 1.79. The summed E-state index contributed by atoms with van der Waals surface area (Å²) in [4.78, 5) is 4.14. The van der Waals surface area contributed by atoms with Crippen molar-refractivity contribution in [1.82, 2.24) is 4.98 Å². The predicted molar refractivity (Wildman–Crippen MR) is 52.0 cm³/mol. The molecule has 0 spiro atoms. The summed E-state index contributed by atoms with van der Waals surface area (Å²) in [5, 5.41) is 3.24. The van der Waals surface area contributed by atoms with Crippen LogP contribution in [0.2, 0.25) is 0 Å². The van der Waals surface area contributed by atoms with Gasteiger partial charge in [-0.05, 0) is 19.4 Å². The average molecular weight is 165 g/mol. The van der Waals surface area contributed by atoms with Crippen LogP contribution in [0.1, 0.15) is 20.3 Å². The molecule has 3 heteroatoms. The highest BCUT2D eigenvalue weighted by molar-refractivity contribution is 5.48. The molecule has 1 heterocycles. The lowest BCUT2D eigenvalue weighted by atomic mass is 10.2. The fourth-order valence-electron chi connectivity index (χ4n) is 0.880. The van der Waals surface area contributed by atoms with Crippen LogP contribution in [-0.2, 0) is 0 Å². The van der Waals surface area contributed by atoms with E-state index in [1.165, 1.54) is 0 Å². The lowest BCUT2D eigenvalue weighted by Gasteiger charge is -2.11. The van der Waals surface area contributed by atoms with Crippen LogP contribution in [0.5, 0.6) is 0 Å². The van der Waals surface area contributed by atoms with Crippen molar-refractivity contribution in [2.45, 2.75) is 26.3 Å². The molecular weight excluding hydrogens is 150 g/mol. The second-order valence-corrected chi connectivity index (χ2v) is 2.93. The Bertz CT molecular complexity index is 247. The number of hydrogen-bond donors (Lipinski definition) is 2. The van der Waals surface area contributed by atoms with Crippen molar-refractivity contribution in [1.29, 1.82) is 0 Å². The molecular formula is C9H15N3. The number of nitrogen functional groups attached to an aromatic ring is 1. The first kappa shape index (κ1) is 8.84. The molecule has 0 aliphatic heterocycles. The van der Waals surface area contributed by atoms with E-state index < -0.39 is 0 Å². The lowest BCUT2D eigenvalue weighted by Crippen LogP contribution is -2.14. The summed E-state index contributed by atoms with van der Waals surface area (Å²) in [6, 6.07) is 4.06. The molecule has 0 aliphatic carbocycles. The molecule has 3 nitrogen and oxygen atoms in total. The summed E-state index contributed by atoms with van der Waals surface area (Å²) < 4.78 is 0. The minimum Gasteiger partial charge on any atom is -0.399 e. The molecule has 1 aromatic heterocycles. The van der Waals surface area contributed by atoms with Crippen molar-refractivity contribution in [3.63, 3.8) is 0 Å². The van der Waals surface area contributed by atoms with Crippen LogP contribution in [0, 0.1) is 0 Å². The Morgan fingerprint density at radius 2 is 2.42 bits per heavy atom. The Kier molecular flexibility index (Phi) is 2.91. The highest BCUT2D eigenvalue weighted by Crippen LogP contribution is 2.09. The Hall–Kier alpha value is -1.25. The van der Waals surface area contributed by atoms with Gasteiger partial charge in [-0.25, -0.2) is 4.98 Å². The third-order valence-corrected chi connectivity index (χ3v) is 1.79. The van der Waals surface area contributed by atoms with Gasteiger partial charge in [0.05, 0.1) is 0 Å². The number of nitrogens with zero attached hydrogens (tertiary/aromatic N) is 1. The summed E-state index contributed by atoms with van der Waals surface area (Å²) >= 11 is 0. The van der Waals surface area contributed by atoms with E-state index in [0.29, 0.717) is 6.04 Å². The van der Waals surface area contributed by atoms with Crippen molar-refractivity contribution in [3.8, 4) is 0 Å². The van der Waals surface area contributed by atoms with E-state index in [4.69, 9.17) is 5.73 Å². The number of aromatic nitrogens is 1. The summed E-state index contributed by atoms with van der Waals surface area (Å²) in [5.41, 5.74) is 6.34. The van der Waals surface area contributed by atoms with Gasteiger partial charge in [0.2, 0.25) is 0 Å². The molecule has 3 N–H and O–H groups in total. The average Bonchev–Trinajstić information content (AvgIpc) is 2.04. The van der Waals surface area contributed by atoms with Crippen LogP contribution in [0.4, 0.5) is 11.5 Å². The molecule has 0 bridgehead atoms. The Morgan fingerprint density at radius 1 is 1.67 bits per heavy atom. The van der Waals surface area contributed by atoms with E-state index in [-0.39, 0.29) is 0 Å². The zero-order chi connectivity index (χ0) is 8.97. The lowest BCUT2D eigenvalue weighted by molar-refractivity contribution is 0.759. The molecule has 1 aromatic rings. The molecule has 1 rings (SSSR count). The minimum atomic E-state index is 0.444. The van der Waals surface area contributed by atoms with Gasteiger partial charge in [-0.1, -0.05) is 6.92 Å². The van der Waals surface area contributed by atoms with Gasteiger partial charge < -0.3 is 11.1 Å². The smallest absolute Gasteiger partial charge is 0.128 e. The summed E-state index contributed by atoms with van der Waals surface area (Å²) in [6.45, 7) is 4.24. The largest absolute Gasteiger partial charge is 0.399 e. The normalized spacial score (nSPS) is 12.5. The van der Waals surface area contributed by atoms with Crippen LogP contribution < -0.4 is 11.1 Å². The number of nitrogens with one attached hydrogen (secondary N) is 1. The second-order valence-electron chi connectivity index (χ2n) is 2.93. The topological polar surface area (TPSA) is 50.9 Å². The number of pyridine rings is 1. The molecule has 1 atom stereocenters. The van der Waals surface area contributed by atoms with E-state index in [0.717, 1.165) is 17.9 Å². The molecule has 1 unspecified atom stereocenters. The van der Waals surface area contributed by atoms with Gasteiger partial charge >= 0.3 is 0 Å². The maximum Gasteiger partial charge on any atom is 0.128 e. The SMILES string of the molecule is CCC(C)Nc1cc(N)ccn1. The first-order chi connectivity index (χ1) is 5.72. The van der Waals surface area contributed by atoms with Gasteiger partial charge in [-0.15, -0.1) is 0 Å². The first-order valence-electron chi connectivity index (χ1n) is 4.20. The maximum absolute atomic E-state index is 5.60. The van der Waals surface area contributed by atoms with Gasteiger partial charge in [-0.2, -0.15) is 0 Å². The number of hydrogen-bond acceptors (Lipinski definition) is 3. The van der Waals surface area contributed by atoms with E-state index in [1.54, 1.807) is 12.3 Å². The Balaban J connectivity index is 2.63. The van der Waals surface area contributed by atoms with E-state index in [9.17, 15) is 0 Å². The third kappa shape index (κ3) is 2.42. The van der Waals surface area contributed by atoms with E-state index >= 15 is 0 Å². The molecule has 0 fully saturated rings. The standard InChI is InChI=1S/C9H15N3/c1-3-7(2)12-9-6-8(10)4-5-11-9/h4-7H,3H2,1-2H3,(H3,10,11,12). The summed E-state index contributed by atoms with van der Waals surface area (Å²) in [6.07, 6.45) is 2.79. The second kappa shape index (κ2) is 3.95. The fourth-order valence-corrected chi connectivity index (χ4v) is 0.880. The van der Waals surface area contributed by atoms with Gasteiger partial charge in [0.15, 0.2) is 0 Å². The van der Waals surface area contributed by atoms with Crippen LogP contribution in [0.25, 0.3) is 0 Å². The Labute approximate surface area is 73.0 Å². The van der Waals surface area contributed by atoms with Crippen LogP contribution in [0.15, 0.2) is 18.3 Å². The highest BCUT2D eigenvalue weighted by atomic mass is 15.0. The van der Waals surface area contributed by atoms with E-state index in [2.05, 4.69) is 24.1 Å². The first-order valence-corrected chi connectivity index (χ1v) is 4.20. The zero-order valence-corrected chi connectivity index (χ0v) is 7.54. The quantitative estimate of drug-likeness (QED) is 0.719. The molecule has 12 heavy (non-hydrogen) atoms. The number of nitrogens with two attached hydrogens (primary N) is 1. The van der Waals surface area contributed by atoms with Gasteiger partial charge in [-0.3, -0.25) is 0 Å². The van der Waals surface area contributed by atoms with Crippen molar-refractivity contribution < 1.29 is 0 Å². The van der Waals surface area contributed by atoms with Crippen molar-refractivity contribution in [2.24, 2.45) is 0 Å². The zero-order valence-electron chi connectivity index (χ0n) is 7.54. The minimum absolute atomic E-state index is 0.444. The molecule has 0 radical (unpaired) electrons. The van der Waals surface area contributed by atoms with Crippen LogP contribution >= 0.6 is 0 Å². The number of rotatable bonds is 3. The molecule has 0 saturated heterocycles. The van der Waals surface area contributed by atoms with Gasteiger partial charge in [0.1, 0.15) is 5.82 Å². The van der Waals surface area contributed by atoms with Crippen LogP contribution in [-0.4, -0.2) is 11.0 Å². The van der Waals surface area contributed by atoms with Gasteiger partial charge in [0, 0.05) is 24.0 Å². The number of anilines is 2. The molecule has 0 amide bonds. The van der Waals surface area contributed by atoms with Crippen LogP contribution in [0.3, 0.4) is 0 Å². The maximum atomic E-state index is 5.60. The summed E-state index contributed by atoms with van der Waals surface area (Å²) in [7, 11) is 0. The monoisotopic (exact) mass is 165 g/mol. The molecule has 0 aliphatic rings. The highest BCUT2D eigenvalue weighted by Gasteiger charge is 1.98. The molecule has 0 aromatic carbocycles. The Morgan fingerprint density at radius 3 is 3.00 bits per heavy atom. The van der Waals surface area contributed by atoms with E-state index in [1.807, 2.05) is 6.07 Å².